The molecule has 0 spiro atoms. The number of aromatic nitrogens is 2. The van der Waals surface area contributed by atoms with Gasteiger partial charge in [-0.2, -0.15) is 5.10 Å². The van der Waals surface area contributed by atoms with E-state index in [9.17, 15) is 4.79 Å². The standard InChI is InChI=1S/C15H25N5O/c1-18-11-12(10-17-18)14(16)15(21)20-8-6-19(7-9-20)13-4-2-3-5-13/h10-11,13-14H,2-9,16H2,1H3. The summed E-state index contributed by atoms with van der Waals surface area (Å²) < 4.78 is 1.68. The number of hydrogen-bond donors (Lipinski definition) is 1. The quantitative estimate of drug-likeness (QED) is 0.881. The van der Waals surface area contributed by atoms with Crippen LogP contribution in [0.3, 0.4) is 0 Å². The molecule has 6 heteroatoms. The van der Waals surface area contributed by atoms with Gasteiger partial charge in [-0.25, -0.2) is 0 Å². The fourth-order valence-corrected chi connectivity index (χ4v) is 3.52. The predicted molar refractivity (Wildman–Crippen MR) is 80.5 cm³/mol. The molecule has 1 saturated carbocycles. The van der Waals surface area contributed by atoms with Gasteiger partial charge in [0.2, 0.25) is 5.91 Å². The highest BCUT2D eigenvalue weighted by atomic mass is 16.2. The molecule has 0 bridgehead atoms. The molecule has 1 unspecified atom stereocenters. The van der Waals surface area contributed by atoms with E-state index in [0.717, 1.165) is 37.8 Å². The summed E-state index contributed by atoms with van der Waals surface area (Å²) in [6.07, 6.45) is 8.85. The monoisotopic (exact) mass is 291 g/mol. The first-order chi connectivity index (χ1) is 10.1. The molecule has 1 saturated heterocycles. The van der Waals surface area contributed by atoms with E-state index in [1.54, 1.807) is 10.9 Å². The van der Waals surface area contributed by atoms with E-state index in [0.29, 0.717) is 0 Å². The molecule has 2 aliphatic rings. The molecule has 2 N–H and O–H groups in total. The van der Waals surface area contributed by atoms with Crippen LogP contribution in [0.5, 0.6) is 0 Å². The van der Waals surface area contributed by atoms with Crippen LogP contribution in [0.1, 0.15) is 37.3 Å². The van der Waals surface area contributed by atoms with E-state index < -0.39 is 6.04 Å². The molecule has 1 aliphatic carbocycles. The summed E-state index contributed by atoms with van der Waals surface area (Å²) in [4.78, 5) is 16.9. The van der Waals surface area contributed by atoms with Gasteiger partial charge >= 0.3 is 0 Å². The third-order valence-corrected chi connectivity index (χ3v) is 4.82. The Bertz CT molecular complexity index is 486. The Hall–Kier alpha value is -1.40. The number of nitrogens with zero attached hydrogens (tertiary/aromatic N) is 4. The van der Waals surface area contributed by atoms with Crippen molar-refractivity contribution in [1.29, 1.82) is 0 Å². The van der Waals surface area contributed by atoms with E-state index in [2.05, 4.69) is 10.00 Å². The smallest absolute Gasteiger partial charge is 0.244 e. The highest BCUT2D eigenvalue weighted by Gasteiger charge is 2.30. The first-order valence-electron chi connectivity index (χ1n) is 7.92. The van der Waals surface area contributed by atoms with Gasteiger partial charge in [0.25, 0.3) is 0 Å². The molecule has 1 amide bonds. The molecule has 1 atom stereocenters. The molecular formula is C15H25N5O. The maximum atomic E-state index is 12.5. The van der Waals surface area contributed by atoms with E-state index in [4.69, 9.17) is 5.73 Å². The van der Waals surface area contributed by atoms with Crippen molar-refractivity contribution in [1.82, 2.24) is 19.6 Å². The zero-order valence-corrected chi connectivity index (χ0v) is 12.7. The Morgan fingerprint density at radius 2 is 1.95 bits per heavy atom. The summed E-state index contributed by atoms with van der Waals surface area (Å²) in [6.45, 7) is 3.55. The van der Waals surface area contributed by atoms with Gasteiger partial charge in [0.05, 0.1) is 6.20 Å². The number of rotatable bonds is 3. The molecule has 2 fully saturated rings. The lowest BCUT2D eigenvalue weighted by Gasteiger charge is -2.38. The van der Waals surface area contributed by atoms with Gasteiger partial charge in [-0.05, 0) is 12.8 Å². The fraction of sp³-hybridized carbons (Fsp3) is 0.733. The van der Waals surface area contributed by atoms with E-state index in [1.807, 2.05) is 18.1 Å². The Kier molecular flexibility index (Phi) is 4.26. The molecule has 1 aromatic rings. The highest BCUT2D eigenvalue weighted by molar-refractivity contribution is 5.83. The fourth-order valence-electron chi connectivity index (χ4n) is 3.52. The van der Waals surface area contributed by atoms with E-state index in [-0.39, 0.29) is 5.91 Å². The van der Waals surface area contributed by atoms with Crippen molar-refractivity contribution in [2.45, 2.75) is 37.8 Å². The second kappa shape index (κ2) is 6.15. The predicted octanol–water partition coefficient (Wildman–Crippen LogP) is 0.507. The van der Waals surface area contributed by atoms with Gasteiger partial charge in [0.1, 0.15) is 6.04 Å². The number of amides is 1. The van der Waals surface area contributed by atoms with Crippen molar-refractivity contribution in [3.63, 3.8) is 0 Å². The van der Waals surface area contributed by atoms with E-state index in [1.165, 1.54) is 25.7 Å². The number of aryl methyl sites for hydroxylation is 1. The van der Waals surface area contributed by atoms with Crippen molar-refractivity contribution in [2.24, 2.45) is 12.8 Å². The minimum Gasteiger partial charge on any atom is -0.338 e. The molecule has 0 radical (unpaired) electrons. The van der Waals surface area contributed by atoms with Crippen molar-refractivity contribution < 1.29 is 4.79 Å². The van der Waals surface area contributed by atoms with Crippen LogP contribution in [0.4, 0.5) is 0 Å². The maximum absolute atomic E-state index is 12.5. The minimum atomic E-state index is -0.586. The van der Waals surface area contributed by atoms with Gasteiger partial charge in [-0.15, -0.1) is 0 Å². The molecule has 1 aromatic heterocycles. The summed E-state index contributed by atoms with van der Waals surface area (Å²) >= 11 is 0. The first-order valence-corrected chi connectivity index (χ1v) is 7.92. The average Bonchev–Trinajstić information content (AvgIpc) is 3.17. The topological polar surface area (TPSA) is 67.4 Å². The van der Waals surface area contributed by atoms with Gasteiger partial charge in [-0.1, -0.05) is 12.8 Å². The van der Waals surface area contributed by atoms with Crippen LogP contribution < -0.4 is 5.73 Å². The molecular weight excluding hydrogens is 266 g/mol. The zero-order valence-electron chi connectivity index (χ0n) is 12.7. The number of nitrogens with two attached hydrogens (primary N) is 1. The third-order valence-electron chi connectivity index (χ3n) is 4.82. The van der Waals surface area contributed by atoms with Crippen LogP contribution in [-0.2, 0) is 11.8 Å². The minimum absolute atomic E-state index is 0.0223. The van der Waals surface area contributed by atoms with Crippen molar-refractivity contribution in [2.75, 3.05) is 26.2 Å². The molecule has 21 heavy (non-hydrogen) atoms. The van der Waals surface area contributed by atoms with Gasteiger partial charge in [0.15, 0.2) is 0 Å². The Morgan fingerprint density at radius 3 is 2.52 bits per heavy atom. The zero-order chi connectivity index (χ0) is 14.8. The molecule has 2 heterocycles. The van der Waals surface area contributed by atoms with Crippen LogP contribution in [0.2, 0.25) is 0 Å². The first kappa shape index (κ1) is 14.5. The summed E-state index contributed by atoms with van der Waals surface area (Å²) in [5.74, 6) is 0.0223. The van der Waals surface area contributed by atoms with Crippen LogP contribution in [-0.4, -0.2) is 57.7 Å². The van der Waals surface area contributed by atoms with Gasteiger partial charge < -0.3 is 10.6 Å². The number of carbonyl (C=O) groups excluding carboxylic acids is 1. The average molecular weight is 291 g/mol. The summed E-state index contributed by atoms with van der Waals surface area (Å²) in [7, 11) is 1.83. The lowest BCUT2D eigenvalue weighted by atomic mass is 10.1. The van der Waals surface area contributed by atoms with Crippen molar-refractivity contribution >= 4 is 5.91 Å². The largest absolute Gasteiger partial charge is 0.338 e. The SMILES string of the molecule is Cn1cc(C(N)C(=O)N2CCN(C3CCCC3)CC2)cn1. The Balaban J connectivity index is 1.54. The number of hydrogen-bond acceptors (Lipinski definition) is 4. The number of carbonyl (C=O) groups is 1. The van der Waals surface area contributed by atoms with Crippen LogP contribution in [0.25, 0.3) is 0 Å². The second-order valence-corrected chi connectivity index (χ2v) is 6.22. The van der Waals surface area contributed by atoms with E-state index >= 15 is 0 Å². The van der Waals surface area contributed by atoms with Gasteiger partial charge in [0, 0.05) is 51.0 Å². The van der Waals surface area contributed by atoms with Crippen LogP contribution in [0, 0.1) is 0 Å². The third kappa shape index (κ3) is 3.11. The molecule has 6 nitrogen and oxygen atoms in total. The van der Waals surface area contributed by atoms with Crippen molar-refractivity contribution in [3.05, 3.63) is 18.0 Å². The summed E-state index contributed by atoms with van der Waals surface area (Å²) in [6, 6.07) is 0.158. The van der Waals surface area contributed by atoms with Crippen molar-refractivity contribution in [3.8, 4) is 0 Å². The highest BCUT2D eigenvalue weighted by Crippen LogP contribution is 2.24. The normalized spacial score (nSPS) is 22.7. The molecule has 116 valence electrons. The summed E-state index contributed by atoms with van der Waals surface area (Å²) in [5, 5.41) is 4.09. The molecule has 3 rings (SSSR count). The lowest BCUT2D eigenvalue weighted by Crippen LogP contribution is -2.53. The lowest BCUT2D eigenvalue weighted by molar-refractivity contribution is -0.134. The van der Waals surface area contributed by atoms with Gasteiger partial charge in [-0.3, -0.25) is 14.4 Å². The molecule has 0 aromatic carbocycles. The Labute approximate surface area is 125 Å². The number of piperazine rings is 1. The summed E-state index contributed by atoms with van der Waals surface area (Å²) in [5.41, 5.74) is 6.87. The van der Waals surface area contributed by atoms with Crippen LogP contribution >= 0.6 is 0 Å². The van der Waals surface area contributed by atoms with Crippen LogP contribution in [0.15, 0.2) is 12.4 Å². The molecule has 1 aliphatic heterocycles. The second-order valence-electron chi connectivity index (χ2n) is 6.22. The Morgan fingerprint density at radius 1 is 1.29 bits per heavy atom. The maximum Gasteiger partial charge on any atom is 0.244 e.